The molecule has 0 amide bonds. The first kappa shape index (κ1) is 18.9. The van der Waals surface area contributed by atoms with E-state index in [1.807, 2.05) is 68.3 Å². The maximum atomic E-state index is 12.9. The van der Waals surface area contributed by atoms with Crippen LogP contribution in [0.2, 0.25) is 0 Å². The summed E-state index contributed by atoms with van der Waals surface area (Å²) in [5.74, 6) is 0.120. The lowest BCUT2D eigenvalue weighted by molar-refractivity contribution is 0.356. The number of benzene rings is 2. The van der Waals surface area contributed by atoms with Crippen LogP contribution in [0.5, 0.6) is 11.5 Å². The summed E-state index contributed by atoms with van der Waals surface area (Å²) in [5, 5.41) is 21.7. The summed E-state index contributed by atoms with van der Waals surface area (Å²) in [7, 11) is 7.39. The van der Waals surface area contributed by atoms with E-state index < -0.39 is 0 Å². The average Bonchev–Trinajstić information content (AvgIpc) is 2.62. The Morgan fingerprint density at radius 1 is 0.889 bits per heavy atom. The molecule has 0 aliphatic heterocycles. The lowest BCUT2D eigenvalue weighted by atomic mass is 10.0. The molecular weight excluding hydrogens is 344 g/mol. The van der Waals surface area contributed by atoms with E-state index in [1.54, 1.807) is 0 Å². The molecule has 2 N–H and O–H groups in total. The molecule has 6 nitrogen and oxygen atoms in total. The normalized spacial score (nSPS) is 11.6. The van der Waals surface area contributed by atoms with Crippen molar-refractivity contribution < 1.29 is 14.6 Å². The highest BCUT2D eigenvalue weighted by molar-refractivity contribution is 5.91. The van der Waals surface area contributed by atoms with Gasteiger partial charge in [-0.3, -0.25) is 4.79 Å². The molecule has 1 heterocycles. The van der Waals surface area contributed by atoms with E-state index >= 15 is 0 Å². The van der Waals surface area contributed by atoms with E-state index in [0.717, 1.165) is 5.56 Å². The van der Waals surface area contributed by atoms with Crippen LogP contribution in [0.1, 0.15) is 11.1 Å². The standard InChI is InChI=1S/C21H24N2O4/c1-22(2)11-14-19(25)15(12-23(3)4)21-18(20(14)26)16(24)10-17(27-21)13-8-6-5-7-9-13/h5-10,25-26H,11-12H2,1-4H3. The molecule has 0 atom stereocenters. The molecule has 0 fully saturated rings. The first-order valence-corrected chi connectivity index (χ1v) is 8.68. The summed E-state index contributed by atoms with van der Waals surface area (Å²) in [6.07, 6.45) is 0. The fourth-order valence-corrected chi connectivity index (χ4v) is 3.16. The molecule has 142 valence electrons. The van der Waals surface area contributed by atoms with Crippen LogP contribution in [0.3, 0.4) is 0 Å². The largest absolute Gasteiger partial charge is 0.507 e. The number of fused-ring (bicyclic) bond motifs is 1. The highest BCUT2D eigenvalue weighted by Crippen LogP contribution is 2.40. The van der Waals surface area contributed by atoms with Crippen LogP contribution in [0.15, 0.2) is 45.6 Å². The monoisotopic (exact) mass is 368 g/mol. The van der Waals surface area contributed by atoms with Gasteiger partial charge in [0.1, 0.15) is 22.6 Å². The van der Waals surface area contributed by atoms with E-state index in [2.05, 4.69) is 0 Å². The highest BCUT2D eigenvalue weighted by Gasteiger charge is 2.24. The van der Waals surface area contributed by atoms with Crippen LogP contribution in [0, 0.1) is 0 Å². The Hall–Kier alpha value is -2.83. The van der Waals surface area contributed by atoms with Crippen molar-refractivity contribution in [2.45, 2.75) is 13.1 Å². The molecule has 0 radical (unpaired) electrons. The summed E-state index contributed by atoms with van der Waals surface area (Å²) < 4.78 is 6.02. The predicted molar refractivity (Wildman–Crippen MR) is 106 cm³/mol. The molecular formula is C21H24N2O4. The van der Waals surface area contributed by atoms with Gasteiger partial charge in [0.2, 0.25) is 0 Å². The second-order valence-corrected chi connectivity index (χ2v) is 7.17. The minimum atomic E-state index is -0.340. The zero-order valence-electron chi connectivity index (χ0n) is 16.0. The molecule has 0 aliphatic carbocycles. The molecule has 0 saturated carbocycles. The zero-order chi connectivity index (χ0) is 19.7. The van der Waals surface area contributed by atoms with Crippen molar-refractivity contribution in [1.82, 2.24) is 9.80 Å². The van der Waals surface area contributed by atoms with Crippen molar-refractivity contribution >= 4 is 11.0 Å². The number of rotatable bonds is 5. The SMILES string of the molecule is CN(C)Cc1c(O)c(CN(C)C)c2oc(-c3ccccc3)cc(=O)c2c1O. The summed E-state index contributed by atoms with van der Waals surface area (Å²) in [6.45, 7) is 0.665. The first-order chi connectivity index (χ1) is 12.8. The average molecular weight is 368 g/mol. The van der Waals surface area contributed by atoms with E-state index in [-0.39, 0.29) is 27.9 Å². The number of phenolic OH excluding ortho intramolecular Hbond substituents is 2. The van der Waals surface area contributed by atoms with E-state index in [9.17, 15) is 15.0 Å². The number of phenols is 2. The van der Waals surface area contributed by atoms with Gasteiger partial charge in [-0.1, -0.05) is 30.3 Å². The molecule has 6 heteroatoms. The molecule has 0 unspecified atom stereocenters. The van der Waals surface area contributed by atoms with E-state index in [1.165, 1.54) is 6.07 Å². The Morgan fingerprint density at radius 3 is 2.07 bits per heavy atom. The number of hydrogen-bond acceptors (Lipinski definition) is 6. The Kier molecular flexibility index (Phi) is 5.21. The topological polar surface area (TPSA) is 77.2 Å². The Labute approximate surface area is 157 Å². The van der Waals surface area contributed by atoms with Gasteiger partial charge in [-0.15, -0.1) is 0 Å². The van der Waals surface area contributed by atoms with Crippen molar-refractivity contribution in [3.05, 3.63) is 57.7 Å². The molecule has 0 aliphatic rings. The van der Waals surface area contributed by atoms with Crippen LogP contribution in [0.25, 0.3) is 22.3 Å². The first-order valence-electron chi connectivity index (χ1n) is 8.68. The van der Waals surface area contributed by atoms with Crippen molar-refractivity contribution in [2.75, 3.05) is 28.2 Å². The summed E-state index contributed by atoms with van der Waals surface area (Å²) in [6, 6.07) is 10.7. The van der Waals surface area contributed by atoms with Gasteiger partial charge in [-0.2, -0.15) is 0 Å². The second kappa shape index (κ2) is 7.42. The van der Waals surface area contributed by atoms with E-state index in [0.29, 0.717) is 30.0 Å². The van der Waals surface area contributed by atoms with Gasteiger partial charge in [-0.05, 0) is 28.2 Å². The number of aromatic hydroxyl groups is 2. The Morgan fingerprint density at radius 2 is 1.48 bits per heavy atom. The van der Waals surface area contributed by atoms with Crippen molar-refractivity contribution in [3.63, 3.8) is 0 Å². The van der Waals surface area contributed by atoms with Crippen LogP contribution >= 0.6 is 0 Å². The Balaban J connectivity index is 2.38. The fraction of sp³-hybridized carbons (Fsp3) is 0.286. The van der Waals surface area contributed by atoms with Crippen LogP contribution in [-0.4, -0.2) is 48.2 Å². The predicted octanol–water partition coefficient (Wildman–Crippen LogP) is 2.99. The van der Waals surface area contributed by atoms with Gasteiger partial charge in [0.15, 0.2) is 11.0 Å². The molecule has 0 bridgehead atoms. The van der Waals surface area contributed by atoms with Gasteiger partial charge in [0.25, 0.3) is 0 Å². The fourth-order valence-electron chi connectivity index (χ4n) is 3.16. The molecule has 0 saturated heterocycles. The third kappa shape index (κ3) is 3.67. The van der Waals surface area contributed by atoms with Crippen molar-refractivity contribution in [2.24, 2.45) is 0 Å². The summed E-state index contributed by atoms with van der Waals surface area (Å²) in [5.41, 5.74) is 1.44. The van der Waals surface area contributed by atoms with E-state index in [4.69, 9.17) is 4.42 Å². The third-order valence-electron chi connectivity index (χ3n) is 4.32. The summed E-state index contributed by atoms with van der Waals surface area (Å²) >= 11 is 0. The van der Waals surface area contributed by atoms with Gasteiger partial charge in [0.05, 0.1) is 11.1 Å². The van der Waals surface area contributed by atoms with Gasteiger partial charge in [0, 0.05) is 24.7 Å². The lowest BCUT2D eigenvalue weighted by Crippen LogP contribution is -2.16. The van der Waals surface area contributed by atoms with Crippen molar-refractivity contribution in [1.29, 1.82) is 0 Å². The van der Waals surface area contributed by atoms with Gasteiger partial charge in [-0.25, -0.2) is 0 Å². The van der Waals surface area contributed by atoms with Crippen molar-refractivity contribution in [3.8, 4) is 22.8 Å². The quantitative estimate of drug-likeness (QED) is 0.721. The smallest absolute Gasteiger partial charge is 0.197 e. The highest BCUT2D eigenvalue weighted by atomic mass is 16.3. The Bertz CT molecular complexity index is 1020. The van der Waals surface area contributed by atoms with Crippen LogP contribution in [0.4, 0.5) is 0 Å². The molecule has 1 aromatic heterocycles. The minimum absolute atomic E-state index is 0.0456. The zero-order valence-corrected chi connectivity index (χ0v) is 16.0. The molecule has 3 aromatic rings. The molecule has 3 rings (SSSR count). The second-order valence-electron chi connectivity index (χ2n) is 7.17. The molecule has 0 spiro atoms. The minimum Gasteiger partial charge on any atom is -0.507 e. The summed E-state index contributed by atoms with van der Waals surface area (Å²) in [4.78, 5) is 16.5. The number of hydrogen-bond donors (Lipinski definition) is 2. The van der Waals surface area contributed by atoms with Crippen LogP contribution in [-0.2, 0) is 13.1 Å². The van der Waals surface area contributed by atoms with Gasteiger partial charge < -0.3 is 24.4 Å². The number of nitrogens with zero attached hydrogens (tertiary/aromatic N) is 2. The van der Waals surface area contributed by atoms with Crippen LogP contribution < -0.4 is 5.43 Å². The molecule has 27 heavy (non-hydrogen) atoms. The maximum absolute atomic E-state index is 12.9. The lowest BCUT2D eigenvalue weighted by Gasteiger charge is -2.20. The molecule has 2 aromatic carbocycles. The maximum Gasteiger partial charge on any atom is 0.197 e. The third-order valence-corrected chi connectivity index (χ3v) is 4.32. The van der Waals surface area contributed by atoms with Gasteiger partial charge >= 0.3 is 0 Å².